The maximum Gasteiger partial charge on any atom is 0.0624 e. The Morgan fingerprint density at radius 1 is 1.36 bits per heavy atom. The van der Waals surface area contributed by atoms with Gasteiger partial charge in [0.2, 0.25) is 0 Å². The van der Waals surface area contributed by atoms with E-state index < -0.39 is 0 Å². The summed E-state index contributed by atoms with van der Waals surface area (Å²) in [6.45, 7) is 3.00. The van der Waals surface area contributed by atoms with E-state index in [0.29, 0.717) is 0 Å². The van der Waals surface area contributed by atoms with Crippen molar-refractivity contribution in [2.75, 3.05) is 7.05 Å². The lowest BCUT2D eigenvalue weighted by Gasteiger charge is -1.95. The van der Waals surface area contributed by atoms with Crippen LogP contribution < -0.4 is 5.32 Å². The molecule has 74 valence electrons. The minimum Gasteiger partial charge on any atom is -0.360 e. The van der Waals surface area contributed by atoms with E-state index >= 15 is 0 Å². The summed E-state index contributed by atoms with van der Waals surface area (Å²) >= 11 is 0. The molecule has 0 aromatic carbocycles. The minimum atomic E-state index is 0.906. The third-order valence-electron chi connectivity index (χ3n) is 2.38. The highest BCUT2D eigenvalue weighted by atomic mass is 14.8. The number of hydrogen-bond donors (Lipinski definition) is 3. The number of aryl methyl sites for hydroxylation is 1. The van der Waals surface area contributed by atoms with Crippen LogP contribution in [0.15, 0.2) is 24.4 Å². The Kier molecular flexibility index (Phi) is 2.41. The van der Waals surface area contributed by atoms with Crippen molar-refractivity contribution in [3.63, 3.8) is 0 Å². The smallest absolute Gasteiger partial charge is 0.0624 e. The van der Waals surface area contributed by atoms with Crippen LogP contribution in [0.3, 0.4) is 0 Å². The van der Waals surface area contributed by atoms with Gasteiger partial charge in [0.25, 0.3) is 0 Å². The number of H-pyrrole nitrogens is 2. The van der Waals surface area contributed by atoms with E-state index in [2.05, 4.69) is 34.3 Å². The molecule has 2 rings (SSSR count). The first-order valence-electron chi connectivity index (χ1n) is 4.78. The molecule has 0 amide bonds. The van der Waals surface area contributed by atoms with Crippen molar-refractivity contribution in [1.29, 1.82) is 0 Å². The Balaban J connectivity index is 2.33. The largest absolute Gasteiger partial charge is 0.360 e. The second kappa shape index (κ2) is 3.72. The van der Waals surface area contributed by atoms with Gasteiger partial charge in [0.15, 0.2) is 0 Å². The summed E-state index contributed by atoms with van der Waals surface area (Å²) in [4.78, 5) is 6.55. The predicted molar refractivity (Wildman–Crippen MR) is 58.1 cm³/mol. The number of nitrogens with one attached hydrogen (secondary N) is 3. The van der Waals surface area contributed by atoms with E-state index in [1.807, 2.05) is 19.3 Å². The Hall–Kier alpha value is -1.48. The van der Waals surface area contributed by atoms with Crippen molar-refractivity contribution < 1.29 is 0 Å². The highest BCUT2D eigenvalue weighted by molar-refractivity contribution is 5.57. The maximum absolute atomic E-state index is 3.36. The fourth-order valence-corrected chi connectivity index (χ4v) is 1.62. The first-order chi connectivity index (χ1) is 6.81. The molecule has 0 aliphatic rings. The molecule has 0 aliphatic carbocycles. The Morgan fingerprint density at radius 3 is 2.86 bits per heavy atom. The maximum atomic E-state index is 3.36. The van der Waals surface area contributed by atoms with Gasteiger partial charge in [0.05, 0.1) is 11.4 Å². The quantitative estimate of drug-likeness (QED) is 0.679. The number of rotatable bonds is 3. The molecule has 0 radical (unpaired) electrons. The fourth-order valence-electron chi connectivity index (χ4n) is 1.62. The van der Waals surface area contributed by atoms with Gasteiger partial charge in [-0.2, -0.15) is 0 Å². The van der Waals surface area contributed by atoms with Crippen LogP contribution in [-0.4, -0.2) is 17.0 Å². The van der Waals surface area contributed by atoms with Gasteiger partial charge in [-0.1, -0.05) is 0 Å². The molecule has 0 saturated heterocycles. The zero-order valence-corrected chi connectivity index (χ0v) is 8.52. The molecule has 0 aliphatic heterocycles. The van der Waals surface area contributed by atoms with Gasteiger partial charge in [-0.3, -0.25) is 0 Å². The molecule has 0 fully saturated rings. The van der Waals surface area contributed by atoms with E-state index in [1.54, 1.807) is 0 Å². The van der Waals surface area contributed by atoms with Crippen LogP contribution in [0.2, 0.25) is 0 Å². The number of aromatic amines is 2. The van der Waals surface area contributed by atoms with Gasteiger partial charge in [0, 0.05) is 18.4 Å². The van der Waals surface area contributed by atoms with Gasteiger partial charge in [0.1, 0.15) is 0 Å². The van der Waals surface area contributed by atoms with E-state index in [9.17, 15) is 0 Å². The Morgan fingerprint density at radius 2 is 2.21 bits per heavy atom. The van der Waals surface area contributed by atoms with E-state index in [4.69, 9.17) is 0 Å². The molecule has 0 unspecified atom stereocenters. The predicted octanol–water partition coefficient (Wildman–Crippen LogP) is 2.04. The third-order valence-corrected chi connectivity index (χ3v) is 2.38. The Labute approximate surface area is 83.6 Å². The van der Waals surface area contributed by atoms with Gasteiger partial charge >= 0.3 is 0 Å². The van der Waals surface area contributed by atoms with Crippen LogP contribution in [-0.2, 0) is 6.54 Å². The fraction of sp³-hybridized carbons (Fsp3) is 0.273. The van der Waals surface area contributed by atoms with E-state index in [1.165, 1.54) is 11.3 Å². The zero-order chi connectivity index (χ0) is 9.97. The van der Waals surface area contributed by atoms with Crippen LogP contribution in [0, 0.1) is 6.92 Å². The molecule has 3 nitrogen and oxygen atoms in total. The topological polar surface area (TPSA) is 43.6 Å². The molecule has 0 bridgehead atoms. The van der Waals surface area contributed by atoms with Crippen LogP contribution in [0.25, 0.3) is 11.4 Å². The molecule has 3 N–H and O–H groups in total. The third kappa shape index (κ3) is 1.59. The summed E-state index contributed by atoms with van der Waals surface area (Å²) in [5.74, 6) is 0. The number of aromatic nitrogens is 2. The molecule has 14 heavy (non-hydrogen) atoms. The van der Waals surface area contributed by atoms with Crippen LogP contribution in [0.4, 0.5) is 0 Å². The molecule has 2 heterocycles. The van der Waals surface area contributed by atoms with Gasteiger partial charge in [-0.25, -0.2) is 0 Å². The molecule has 3 heteroatoms. The van der Waals surface area contributed by atoms with Crippen LogP contribution in [0.1, 0.15) is 11.3 Å². The SMILES string of the molecule is CNCc1cc(-c2ccc[nH]2)[nH]c1C. The lowest BCUT2D eigenvalue weighted by Crippen LogP contribution is -2.04. The molecule has 0 spiro atoms. The van der Waals surface area contributed by atoms with Gasteiger partial charge < -0.3 is 15.3 Å². The van der Waals surface area contributed by atoms with Crippen LogP contribution >= 0.6 is 0 Å². The second-order valence-electron chi connectivity index (χ2n) is 3.45. The lowest BCUT2D eigenvalue weighted by molar-refractivity contribution is 0.812. The first kappa shape index (κ1) is 9.09. The summed E-state index contributed by atoms with van der Waals surface area (Å²) in [5.41, 5.74) is 4.83. The van der Waals surface area contributed by atoms with Crippen molar-refractivity contribution in [2.24, 2.45) is 0 Å². The van der Waals surface area contributed by atoms with Crippen molar-refractivity contribution in [3.05, 3.63) is 35.7 Å². The summed E-state index contributed by atoms with van der Waals surface area (Å²) in [6, 6.07) is 6.25. The van der Waals surface area contributed by atoms with Crippen LogP contribution in [0.5, 0.6) is 0 Å². The summed E-state index contributed by atoms with van der Waals surface area (Å²) in [7, 11) is 1.96. The van der Waals surface area contributed by atoms with Crippen molar-refractivity contribution in [1.82, 2.24) is 15.3 Å². The van der Waals surface area contributed by atoms with Crippen molar-refractivity contribution in [2.45, 2.75) is 13.5 Å². The van der Waals surface area contributed by atoms with Gasteiger partial charge in [-0.15, -0.1) is 0 Å². The molecule has 0 saturated carbocycles. The molecular weight excluding hydrogens is 174 g/mol. The first-order valence-corrected chi connectivity index (χ1v) is 4.78. The number of hydrogen-bond acceptors (Lipinski definition) is 1. The average Bonchev–Trinajstić information content (AvgIpc) is 2.76. The zero-order valence-electron chi connectivity index (χ0n) is 8.52. The molecule has 2 aromatic heterocycles. The average molecular weight is 189 g/mol. The van der Waals surface area contributed by atoms with E-state index in [-0.39, 0.29) is 0 Å². The van der Waals surface area contributed by atoms with Crippen molar-refractivity contribution >= 4 is 0 Å². The highest BCUT2D eigenvalue weighted by Gasteiger charge is 2.05. The summed E-state index contributed by atoms with van der Waals surface area (Å²) < 4.78 is 0. The minimum absolute atomic E-state index is 0.906. The highest BCUT2D eigenvalue weighted by Crippen LogP contribution is 2.19. The lowest BCUT2D eigenvalue weighted by atomic mass is 10.2. The summed E-state index contributed by atoms with van der Waals surface area (Å²) in [6.07, 6.45) is 1.93. The van der Waals surface area contributed by atoms with Crippen molar-refractivity contribution in [3.8, 4) is 11.4 Å². The second-order valence-corrected chi connectivity index (χ2v) is 3.45. The monoisotopic (exact) mass is 189 g/mol. The standard InChI is InChI=1S/C11H15N3/c1-8-9(7-12-2)6-11(14-8)10-4-3-5-13-10/h3-6,12-14H,7H2,1-2H3. The molecule has 0 atom stereocenters. The van der Waals surface area contributed by atoms with E-state index in [0.717, 1.165) is 17.9 Å². The van der Waals surface area contributed by atoms with Gasteiger partial charge in [-0.05, 0) is 37.7 Å². The summed E-state index contributed by atoms with van der Waals surface area (Å²) in [5, 5.41) is 3.15. The molecule has 2 aromatic rings. The Bertz CT molecular complexity index is 398. The molecular formula is C11H15N3. The normalized spacial score (nSPS) is 10.7.